The van der Waals surface area contributed by atoms with Gasteiger partial charge in [-0.15, -0.1) is 0 Å². The molecule has 0 aliphatic rings. The predicted octanol–water partition coefficient (Wildman–Crippen LogP) is 4.42. The summed E-state index contributed by atoms with van der Waals surface area (Å²) in [4.78, 5) is 12.4. The second kappa shape index (κ2) is 6.28. The van der Waals surface area contributed by atoms with Gasteiger partial charge in [-0.3, -0.25) is 10.1 Å². The molecule has 0 saturated carbocycles. The highest BCUT2D eigenvalue weighted by molar-refractivity contribution is 7.99. The minimum Gasteiger partial charge on any atom is -0.389 e. The molecule has 4 nitrogen and oxygen atoms in total. The number of nitro groups is 1. The van der Waals surface area contributed by atoms with E-state index in [1.54, 1.807) is 19.1 Å². The molecule has 0 fully saturated rings. The van der Waals surface area contributed by atoms with Gasteiger partial charge in [0.05, 0.1) is 15.9 Å². The standard InChI is InChI=1S/C16H17NO3S/c1-10-4-6-15(11(2)8-10)21-16-7-5-13(12(3)18)9-14(16)17(19)20/h4-9,12,18H,1-3H3/t12-/m1/s1. The number of nitrogens with zero attached hydrogens (tertiary/aromatic N) is 1. The third-order valence-corrected chi connectivity index (χ3v) is 4.46. The first-order valence-corrected chi connectivity index (χ1v) is 7.41. The Kier molecular flexibility index (Phi) is 4.65. The minimum absolute atomic E-state index is 0.0263. The summed E-state index contributed by atoms with van der Waals surface area (Å²) in [6.45, 7) is 5.60. The molecule has 0 spiro atoms. The lowest BCUT2D eigenvalue weighted by molar-refractivity contribution is -0.387. The summed E-state index contributed by atoms with van der Waals surface area (Å²) in [5.74, 6) is 0. The highest BCUT2D eigenvalue weighted by Gasteiger charge is 2.17. The molecule has 1 N–H and O–H groups in total. The molecule has 2 rings (SSSR count). The third kappa shape index (κ3) is 3.62. The van der Waals surface area contributed by atoms with Crippen molar-refractivity contribution in [1.82, 2.24) is 0 Å². The van der Waals surface area contributed by atoms with Crippen molar-refractivity contribution >= 4 is 17.4 Å². The van der Waals surface area contributed by atoms with Crippen LogP contribution in [0.5, 0.6) is 0 Å². The molecule has 2 aromatic rings. The zero-order valence-electron chi connectivity index (χ0n) is 12.2. The first-order valence-electron chi connectivity index (χ1n) is 6.60. The lowest BCUT2D eigenvalue weighted by Crippen LogP contribution is -1.96. The number of hydrogen-bond donors (Lipinski definition) is 1. The summed E-state index contributed by atoms with van der Waals surface area (Å²) in [7, 11) is 0. The molecule has 0 unspecified atom stereocenters. The first kappa shape index (κ1) is 15.5. The van der Waals surface area contributed by atoms with E-state index in [-0.39, 0.29) is 5.69 Å². The van der Waals surface area contributed by atoms with E-state index in [1.165, 1.54) is 17.8 Å². The number of benzene rings is 2. The predicted molar refractivity (Wildman–Crippen MR) is 83.8 cm³/mol. The molecule has 21 heavy (non-hydrogen) atoms. The molecule has 2 aromatic carbocycles. The maximum atomic E-state index is 11.2. The van der Waals surface area contributed by atoms with Gasteiger partial charge in [0.25, 0.3) is 5.69 Å². The Hall–Kier alpha value is -1.85. The zero-order valence-corrected chi connectivity index (χ0v) is 13.0. The number of aliphatic hydroxyl groups excluding tert-OH is 1. The van der Waals surface area contributed by atoms with Crippen LogP contribution in [0.1, 0.15) is 29.7 Å². The fourth-order valence-electron chi connectivity index (χ4n) is 2.06. The van der Waals surface area contributed by atoms with E-state index in [9.17, 15) is 15.2 Å². The van der Waals surface area contributed by atoms with Gasteiger partial charge in [0.1, 0.15) is 0 Å². The molecule has 0 aliphatic heterocycles. The highest BCUT2D eigenvalue weighted by Crippen LogP contribution is 2.37. The van der Waals surface area contributed by atoms with E-state index in [2.05, 4.69) is 6.07 Å². The van der Waals surface area contributed by atoms with Gasteiger partial charge in [-0.05, 0) is 44.0 Å². The Morgan fingerprint density at radius 3 is 2.38 bits per heavy atom. The quantitative estimate of drug-likeness (QED) is 0.671. The van der Waals surface area contributed by atoms with Gasteiger partial charge in [0.2, 0.25) is 0 Å². The molecule has 5 heteroatoms. The van der Waals surface area contributed by atoms with E-state index < -0.39 is 11.0 Å². The van der Waals surface area contributed by atoms with Crippen LogP contribution in [0.15, 0.2) is 46.2 Å². The molecule has 0 saturated heterocycles. The maximum Gasteiger partial charge on any atom is 0.283 e. The second-order valence-corrected chi connectivity index (χ2v) is 6.12. The van der Waals surface area contributed by atoms with Crippen LogP contribution in [0.4, 0.5) is 5.69 Å². The van der Waals surface area contributed by atoms with Crippen LogP contribution >= 0.6 is 11.8 Å². The number of aryl methyl sites for hydroxylation is 2. The van der Waals surface area contributed by atoms with Crippen LogP contribution < -0.4 is 0 Å². The Labute approximate surface area is 128 Å². The van der Waals surface area contributed by atoms with Gasteiger partial charge in [-0.2, -0.15) is 0 Å². The third-order valence-electron chi connectivity index (χ3n) is 3.21. The molecular formula is C16H17NO3S. The van der Waals surface area contributed by atoms with E-state index in [1.807, 2.05) is 26.0 Å². The van der Waals surface area contributed by atoms with Gasteiger partial charge >= 0.3 is 0 Å². The van der Waals surface area contributed by atoms with Crippen molar-refractivity contribution in [2.75, 3.05) is 0 Å². The molecule has 0 radical (unpaired) electrons. The summed E-state index contributed by atoms with van der Waals surface area (Å²) in [6, 6.07) is 10.9. The fraction of sp³-hybridized carbons (Fsp3) is 0.250. The number of rotatable bonds is 4. The van der Waals surface area contributed by atoms with E-state index in [0.717, 1.165) is 16.0 Å². The molecule has 0 bridgehead atoms. The normalized spacial score (nSPS) is 12.2. The molecule has 0 amide bonds. The fourth-order valence-corrected chi connectivity index (χ4v) is 3.02. The van der Waals surface area contributed by atoms with Crippen molar-refractivity contribution in [3.05, 3.63) is 63.2 Å². The SMILES string of the molecule is Cc1ccc(Sc2ccc([C@@H](C)O)cc2[N+](=O)[O-])c(C)c1. The van der Waals surface area contributed by atoms with E-state index in [4.69, 9.17) is 0 Å². The van der Waals surface area contributed by atoms with Gasteiger partial charge in [0.15, 0.2) is 0 Å². The van der Waals surface area contributed by atoms with Crippen molar-refractivity contribution in [2.24, 2.45) is 0 Å². The first-order chi connectivity index (χ1) is 9.88. The molecule has 1 atom stereocenters. The van der Waals surface area contributed by atoms with Crippen LogP contribution in [-0.2, 0) is 0 Å². The largest absolute Gasteiger partial charge is 0.389 e. The van der Waals surface area contributed by atoms with Crippen LogP contribution in [0, 0.1) is 24.0 Å². The summed E-state index contributed by atoms with van der Waals surface area (Å²) in [6.07, 6.45) is -0.719. The maximum absolute atomic E-state index is 11.2. The smallest absolute Gasteiger partial charge is 0.283 e. The molecule has 0 aromatic heterocycles. The molecule has 0 aliphatic carbocycles. The average Bonchev–Trinajstić information content (AvgIpc) is 2.41. The number of hydrogen-bond acceptors (Lipinski definition) is 4. The Balaban J connectivity index is 2.41. The van der Waals surface area contributed by atoms with Crippen LogP contribution in [0.25, 0.3) is 0 Å². The van der Waals surface area contributed by atoms with Crippen LogP contribution in [0.3, 0.4) is 0 Å². The van der Waals surface area contributed by atoms with E-state index in [0.29, 0.717) is 10.5 Å². The second-order valence-electron chi connectivity index (χ2n) is 5.03. The van der Waals surface area contributed by atoms with Crippen LogP contribution in [-0.4, -0.2) is 10.0 Å². The number of nitro benzene ring substituents is 1. The lowest BCUT2D eigenvalue weighted by Gasteiger charge is -2.09. The summed E-state index contributed by atoms with van der Waals surface area (Å²) in [5, 5.41) is 20.8. The van der Waals surface area contributed by atoms with Crippen molar-refractivity contribution in [3.8, 4) is 0 Å². The van der Waals surface area contributed by atoms with Crippen molar-refractivity contribution < 1.29 is 10.0 Å². The summed E-state index contributed by atoms with van der Waals surface area (Å²) >= 11 is 1.37. The number of aliphatic hydroxyl groups is 1. The van der Waals surface area contributed by atoms with Gasteiger partial charge in [-0.1, -0.05) is 35.5 Å². The van der Waals surface area contributed by atoms with Crippen molar-refractivity contribution in [1.29, 1.82) is 0 Å². The topological polar surface area (TPSA) is 63.4 Å². The van der Waals surface area contributed by atoms with Crippen molar-refractivity contribution in [3.63, 3.8) is 0 Å². The summed E-state index contributed by atoms with van der Waals surface area (Å²) < 4.78 is 0. The van der Waals surface area contributed by atoms with Gasteiger partial charge in [-0.25, -0.2) is 0 Å². The van der Waals surface area contributed by atoms with Gasteiger partial charge < -0.3 is 5.11 Å². The van der Waals surface area contributed by atoms with Crippen molar-refractivity contribution in [2.45, 2.75) is 36.7 Å². The Morgan fingerprint density at radius 2 is 1.81 bits per heavy atom. The molecule has 0 heterocycles. The molecular weight excluding hydrogens is 286 g/mol. The minimum atomic E-state index is -0.719. The average molecular weight is 303 g/mol. The highest BCUT2D eigenvalue weighted by atomic mass is 32.2. The van der Waals surface area contributed by atoms with E-state index >= 15 is 0 Å². The van der Waals surface area contributed by atoms with Gasteiger partial charge in [0, 0.05) is 11.0 Å². The monoisotopic (exact) mass is 303 g/mol. The summed E-state index contributed by atoms with van der Waals surface area (Å²) in [5.41, 5.74) is 2.83. The zero-order chi connectivity index (χ0) is 15.6. The van der Waals surface area contributed by atoms with Crippen LogP contribution in [0.2, 0.25) is 0 Å². The Morgan fingerprint density at radius 1 is 1.14 bits per heavy atom. The lowest BCUT2D eigenvalue weighted by atomic mass is 10.1. The Bertz CT molecular complexity index is 683. The molecule has 110 valence electrons.